The van der Waals surface area contributed by atoms with Crippen LogP contribution in [0.2, 0.25) is 25.7 Å². The van der Waals surface area contributed by atoms with Crippen LogP contribution in [0.5, 0.6) is 0 Å². The number of hydrogen-bond acceptors (Lipinski definition) is 3. The number of rotatable bonds is 12. The minimum atomic E-state index is -4.60. The lowest BCUT2D eigenvalue weighted by Gasteiger charge is -2.20. The number of alkyl halides is 4. The summed E-state index contributed by atoms with van der Waals surface area (Å²) < 4.78 is 42.1. The molecule has 0 unspecified atom stereocenters. The number of amides is 1. The highest BCUT2D eigenvalue weighted by Gasteiger charge is 2.33. The molecule has 4 nitrogen and oxygen atoms in total. The van der Waals surface area contributed by atoms with Crippen molar-refractivity contribution in [2.75, 3.05) is 12.5 Å². The van der Waals surface area contributed by atoms with E-state index in [9.17, 15) is 22.8 Å². The average Bonchev–Trinajstić information content (AvgIpc) is 2.42. The van der Waals surface area contributed by atoms with E-state index in [2.05, 4.69) is 25.0 Å². The van der Waals surface area contributed by atoms with Gasteiger partial charge in [0, 0.05) is 14.0 Å². The molecule has 0 aliphatic carbocycles. The Balaban J connectivity index is 4.54. The zero-order valence-corrected chi connectivity index (χ0v) is 16.9. The maximum atomic E-state index is 12.3. The second kappa shape index (κ2) is 11.8. The summed E-state index contributed by atoms with van der Waals surface area (Å²) in [6, 6.07) is -0.273. The zero-order valence-electron chi connectivity index (χ0n) is 15.2. The number of unbranched alkanes of at least 4 members (excludes halogenated alkanes) is 3. The first-order valence-electron chi connectivity index (χ1n) is 8.53. The van der Waals surface area contributed by atoms with Crippen molar-refractivity contribution in [2.24, 2.45) is 0 Å². The van der Waals surface area contributed by atoms with Crippen molar-refractivity contribution in [1.82, 2.24) is 5.32 Å². The molecule has 0 aromatic carbocycles. The van der Waals surface area contributed by atoms with Crippen LogP contribution in [0.25, 0.3) is 0 Å². The molecule has 0 aliphatic heterocycles. The molecule has 0 fully saturated rings. The second-order valence-electron chi connectivity index (χ2n) is 7.28. The highest BCUT2D eigenvalue weighted by Crippen LogP contribution is 2.19. The lowest BCUT2D eigenvalue weighted by molar-refractivity contribution is -0.158. The van der Waals surface area contributed by atoms with Crippen LogP contribution >= 0.6 is 11.6 Å². The van der Waals surface area contributed by atoms with Crippen molar-refractivity contribution in [2.45, 2.75) is 76.4 Å². The number of carbonyl (C=O) groups is 2. The van der Waals surface area contributed by atoms with E-state index >= 15 is 0 Å². The van der Waals surface area contributed by atoms with Gasteiger partial charge in [-0.15, -0.1) is 11.6 Å². The first-order chi connectivity index (χ1) is 11.4. The molecule has 148 valence electrons. The predicted molar refractivity (Wildman–Crippen MR) is 95.5 cm³/mol. The molecule has 1 amide bonds. The number of carbonyl (C=O) groups excluding carboxylic acids is 2. The molecule has 0 aliphatic rings. The second-order valence-corrected chi connectivity index (χ2v) is 13.3. The van der Waals surface area contributed by atoms with Crippen LogP contribution in [-0.4, -0.2) is 44.7 Å². The molecule has 0 saturated carbocycles. The van der Waals surface area contributed by atoms with Crippen LogP contribution in [0.3, 0.4) is 0 Å². The van der Waals surface area contributed by atoms with Crippen molar-refractivity contribution in [1.29, 1.82) is 0 Å². The van der Waals surface area contributed by atoms with Crippen molar-refractivity contribution in [3.63, 3.8) is 0 Å². The average molecular weight is 404 g/mol. The van der Waals surface area contributed by atoms with Crippen molar-refractivity contribution in [3.8, 4) is 0 Å². The van der Waals surface area contributed by atoms with Gasteiger partial charge in [0.2, 0.25) is 5.91 Å². The van der Waals surface area contributed by atoms with E-state index in [1.54, 1.807) is 0 Å². The fourth-order valence-corrected chi connectivity index (χ4v) is 2.93. The molecule has 25 heavy (non-hydrogen) atoms. The molecule has 1 atom stereocenters. The van der Waals surface area contributed by atoms with E-state index in [-0.39, 0.29) is 13.0 Å². The SMILES string of the molecule is C[Si](C)(C)CCOC(=O)[C@H](CCCCCCCl)NC(=O)CC(F)(F)F. The summed E-state index contributed by atoms with van der Waals surface area (Å²) in [7, 11) is -1.39. The summed E-state index contributed by atoms with van der Waals surface area (Å²) >= 11 is 5.58. The fourth-order valence-electron chi connectivity index (χ4n) is 2.03. The van der Waals surface area contributed by atoms with Gasteiger partial charge in [-0.1, -0.05) is 38.9 Å². The topological polar surface area (TPSA) is 55.4 Å². The van der Waals surface area contributed by atoms with Crippen molar-refractivity contribution < 1.29 is 27.5 Å². The Morgan fingerprint density at radius 3 is 2.24 bits per heavy atom. The molecular formula is C16H29ClF3NO3Si. The standard InChI is InChI=1S/C16H29ClF3NO3Si/c1-25(2,3)11-10-24-15(23)13(8-6-4-5-7-9-17)21-14(22)12-16(18,19)20/h13H,4-12H2,1-3H3,(H,21,22)/t13-/m0/s1. The quantitative estimate of drug-likeness (QED) is 0.226. The fraction of sp³-hybridized carbons (Fsp3) is 0.875. The molecular weight excluding hydrogens is 375 g/mol. The zero-order chi connectivity index (χ0) is 19.5. The summed E-state index contributed by atoms with van der Waals surface area (Å²) in [5, 5.41) is 2.16. The molecule has 9 heteroatoms. The Kier molecular flexibility index (Phi) is 11.4. The number of hydrogen-bond donors (Lipinski definition) is 1. The van der Waals surface area contributed by atoms with E-state index in [0.717, 1.165) is 25.3 Å². The summed E-state index contributed by atoms with van der Waals surface area (Å²) in [5.41, 5.74) is 0. The van der Waals surface area contributed by atoms with Gasteiger partial charge >= 0.3 is 12.1 Å². The Bertz CT molecular complexity index is 414. The third kappa shape index (κ3) is 15.2. The predicted octanol–water partition coefficient (Wildman–Crippen LogP) is 4.49. The molecule has 0 bridgehead atoms. The Hall–Kier alpha value is -0.763. The Morgan fingerprint density at radius 1 is 1.12 bits per heavy atom. The van der Waals surface area contributed by atoms with Gasteiger partial charge in [-0.05, 0) is 18.9 Å². The number of esters is 1. The third-order valence-electron chi connectivity index (χ3n) is 3.45. The van der Waals surface area contributed by atoms with Gasteiger partial charge in [-0.25, -0.2) is 4.79 Å². The third-order valence-corrected chi connectivity index (χ3v) is 5.42. The van der Waals surface area contributed by atoms with Gasteiger partial charge in [0.15, 0.2) is 0 Å². The van der Waals surface area contributed by atoms with Crippen LogP contribution in [0, 0.1) is 0 Å². The smallest absolute Gasteiger partial charge is 0.397 e. The first kappa shape index (κ1) is 24.2. The molecule has 0 aromatic rings. The monoisotopic (exact) mass is 403 g/mol. The Labute approximate surface area is 153 Å². The molecule has 0 spiro atoms. The summed E-state index contributed by atoms with van der Waals surface area (Å²) in [5.74, 6) is -1.32. The Morgan fingerprint density at radius 2 is 1.72 bits per heavy atom. The summed E-state index contributed by atoms with van der Waals surface area (Å²) in [4.78, 5) is 23.6. The van der Waals surface area contributed by atoms with Crippen LogP contribution < -0.4 is 5.32 Å². The molecule has 0 rings (SSSR count). The van der Waals surface area contributed by atoms with Gasteiger partial charge in [0.05, 0.1) is 6.61 Å². The van der Waals surface area contributed by atoms with Crippen molar-refractivity contribution >= 4 is 31.6 Å². The summed E-state index contributed by atoms with van der Waals surface area (Å²) in [6.07, 6.45) is -2.82. The normalized spacial score (nSPS) is 13.4. The molecule has 0 saturated heterocycles. The van der Waals surface area contributed by atoms with Gasteiger partial charge < -0.3 is 10.1 Å². The van der Waals surface area contributed by atoms with Crippen molar-refractivity contribution in [3.05, 3.63) is 0 Å². The lowest BCUT2D eigenvalue weighted by Crippen LogP contribution is -2.43. The van der Waals surface area contributed by atoms with Gasteiger partial charge in [0.1, 0.15) is 12.5 Å². The highest BCUT2D eigenvalue weighted by atomic mass is 35.5. The molecule has 0 heterocycles. The highest BCUT2D eigenvalue weighted by molar-refractivity contribution is 6.76. The minimum Gasteiger partial charge on any atom is -0.464 e. The van der Waals surface area contributed by atoms with Crippen LogP contribution in [0.4, 0.5) is 13.2 Å². The van der Waals surface area contributed by atoms with Gasteiger partial charge in [0.25, 0.3) is 0 Å². The lowest BCUT2D eigenvalue weighted by atomic mass is 10.1. The number of halogens is 4. The van der Waals surface area contributed by atoms with Gasteiger partial charge in [-0.2, -0.15) is 13.2 Å². The first-order valence-corrected chi connectivity index (χ1v) is 12.8. The maximum absolute atomic E-state index is 12.3. The van der Waals surface area contributed by atoms with E-state index in [0.29, 0.717) is 12.3 Å². The van der Waals surface area contributed by atoms with E-state index < -0.39 is 38.6 Å². The van der Waals surface area contributed by atoms with Gasteiger partial charge in [-0.3, -0.25) is 4.79 Å². The van der Waals surface area contributed by atoms with E-state index in [1.807, 2.05) is 0 Å². The number of ether oxygens (including phenoxy) is 1. The van der Waals surface area contributed by atoms with Crippen LogP contribution in [0.15, 0.2) is 0 Å². The number of nitrogens with one attached hydrogen (secondary N) is 1. The molecule has 0 aromatic heterocycles. The summed E-state index contributed by atoms with van der Waals surface area (Å²) in [6.45, 7) is 6.60. The minimum absolute atomic E-state index is 0.229. The van der Waals surface area contributed by atoms with Crippen LogP contribution in [-0.2, 0) is 14.3 Å². The maximum Gasteiger partial charge on any atom is 0.397 e. The molecule has 1 N–H and O–H groups in total. The van der Waals surface area contributed by atoms with E-state index in [4.69, 9.17) is 16.3 Å². The largest absolute Gasteiger partial charge is 0.464 e. The van der Waals surface area contributed by atoms with E-state index in [1.165, 1.54) is 0 Å². The van der Waals surface area contributed by atoms with Crippen LogP contribution in [0.1, 0.15) is 38.5 Å². The molecule has 0 radical (unpaired) electrons.